The van der Waals surface area contributed by atoms with Crippen LogP contribution in [-0.2, 0) is 4.79 Å². The van der Waals surface area contributed by atoms with Gasteiger partial charge >= 0.3 is 0 Å². The highest BCUT2D eigenvalue weighted by molar-refractivity contribution is 6.13. The van der Waals surface area contributed by atoms with Crippen molar-refractivity contribution in [3.8, 4) is 16.9 Å². The molecule has 0 saturated carbocycles. The molecule has 0 aliphatic carbocycles. The molecular weight excluding hydrogens is 339 g/mol. The maximum atomic E-state index is 14.6. The SMILES string of the molecule is [C-]#[N+]c1ccc(O)c(C(=O)NC(=N)NC(C)=O)c1-c1cccc(C)c1F. The Labute approximate surface area is 148 Å². The summed E-state index contributed by atoms with van der Waals surface area (Å²) in [5.41, 5.74) is -0.210. The Hall–Kier alpha value is -3.73. The number of guanidine groups is 1. The molecule has 0 spiro atoms. The van der Waals surface area contributed by atoms with Gasteiger partial charge in [-0.25, -0.2) is 9.24 Å². The van der Waals surface area contributed by atoms with Gasteiger partial charge < -0.3 is 5.11 Å². The Bertz CT molecular complexity index is 964. The van der Waals surface area contributed by atoms with Gasteiger partial charge in [0.2, 0.25) is 11.9 Å². The predicted octanol–water partition coefficient (Wildman–Crippen LogP) is 2.86. The summed E-state index contributed by atoms with van der Waals surface area (Å²) in [6.45, 7) is 9.98. The molecule has 8 heteroatoms. The van der Waals surface area contributed by atoms with E-state index in [0.717, 1.165) is 13.0 Å². The highest BCUT2D eigenvalue weighted by Crippen LogP contribution is 2.40. The summed E-state index contributed by atoms with van der Waals surface area (Å²) in [6.07, 6.45) is 0. The zero-order chi connectivity index (χ0) is 19.4. The van der Waals surface area contributed by atoms with Crippen LogP contribution in [0.5, 0.6) is 5.75 Å². The van der Waals surface area contributed by atoms with Crippen LogP contribution in [0.3, 0.4) is 0 Å². The summed E-state index contributed by atoms with van der Waals surface area (Å²) >= 11 is 0. The molecule has 0 atom stereocenters. The first-order chi connectivity index (χ1) is 12.3. The Morgan fingerprint density at radius 1 is 1.23 bits per heavy atom. The molecule has 0 saturated heterocycles. The van der Waals surface area contributed by atoms with Crippen LogP contribution in [0, 0.1) is 24.7 Å². The van der Waals surface area contributed by atoms with Crippen LogP contribution in [-0.4, -0.2) is 22.9 Å². The molecule has 2 aromatic rings. The number of hydrogen-bond donors (Lipinski definition) is 4. The van der Waals surface area contributed by atoms with Crippen molar-refractivity contribution in [2.45, 2.75) is 13.8 Å². The summed E-state index contributed by atoms with van der Waals surface area (Å²) in [5, 5.41) is 21.9. The Morgan fingerprint density at radius 3 is 2.54 bits per heavy atom. The first-order valence-corrected chi connectivity index (χ1v) is 7.42. The monoisotopic (exact) mass is 354 g/mol. The molecule has 0 radical (unpaired) electrons. The number of hydrogen-bond acceptors (Lipinski definition) is 4. The number of nitrogens with zero attached hydrogens (tertiary/aromatic N) is 1. The number of amides is 2. The minimum atomic E-state index is -0.956. The van der Waals surface area contributed by atoms with Crippen molar-refractivity contribution in [3.05, 3.63) is 58.7 Å². The molecular formula is C18H15FN4O3. The van der Waals surface area contributed by atoms with Crippen LogP contribution < -0.4 is 10.6 Å². The third-order valence-corrected chi connectivity index (χ3v) is 3.51. The number of aryl methyl sites for hydroxylation is 1. The minimum Gasteiger partial charge on any atom is -0.507 e. The lowest BCUT2D eigenvalue weighted by atomic mass is 9.94. The summed E-state index contributed by atoms with van der Waals surface area (Å²) in [4.78, 5) is 26.8. The summed E-state index contributed by atoms with van der Waals surface area (Å²) in [7, 11) is 0. The van der Waals surface area contributed by atoms with Gasteiger partial charge in [-0.1, -0.05) is 24.3 Å². The number of phenolic OH excluding ortho intramolecular Hbond substituents is 1. The number of benzene rings is 2. The molecule has 0 aromatic heterocycles. The second-order valence-electron chi connectivity index (χ2n) is 5.41. The molecule has 2 aromatic carbocycles. The van der Waals surface area contributed by atoms with E-state index in [1.807, 2.05) is 0 Å². The topological polar surface area (TPSA) is 107 Å². The largest absolute Gasteiger partial charge is 0.507 e. The fourth-order valence-corrected chi connectivity index (χ4v) is 2.40. The number of nitrogens with one attached hydrogen (secondary N) is 3. The molecule has 2 amide bonds. The molecule has 0 unspecified atom stereocenters. The molecule has 4 N–H and O–H groups in total. The van der Waals surface area contributed by atoms with Crippen molar-refractivity contribution in [3.63, 3.8) is 0 Å². The van der Waals surface area contributed by atoms with Crippen LogP contribution in [0.4, 0.5) is 10.1 Å². The summed E-state index contributed by atoms with van der Waals surface area (Å²) in [6, 6.07) is 6.90. The fraction of sp³-hybridized carbons (Fsp3) is 0.111. The number of phenols is 1. The van der Waals surface area contributed by atoms with Crippen molar-refractivity contribution in [2.75, 3.05) is 0 Å². The molecule has 7 nitrogen and oxygen atoms in total. The van der Waals surface area contributed by atoms with E-state index in [1.165, 1.54) is 25.1 Å². The minimum absolute atomic E-state index is 0.0249. The zero-order valence-corrected chi connectivity index (χ0v) is 14.0. The van der Waals surface area contributed by atoms with Crippen molar-refractivity contribution < 1.29 is 19.1 Å². The number of aromatic hydroxyl groups is 1. The first kappa shape index (κ1) is 18.6. The van der Waals surface area contributed by atoms with Gasteiger partial charge in [0.05, 0.1) is 12.1 Å². The van der Waals surface area contributed by atoms with E-state index >= 15 is 0 Å². The van der Waals surface area contributed by atoms with Crippen LogP contribution >= 0.6 is 0 Å². The summed E-state index contributed by atoms with van der Waals surface area (Å²) < 4.78 is 14.6. The van der Waals surface area contributed by atoms with Crippen LogP contribution in [0.1, 0.15) is 22.8 Å². The Balaban J connectivity index is 2.65. The number of halogens is 1. The van der Waals surface area contributed by atoms with E-state index in [4.69, 9.17) is 12.0 Å². The van der Waals surface area contributed by atoms with Crippen molar-refractivity contribution in [2.24, 2.45) is 0 Å². The average Bonchev–Trinajstić information content (AvgIpc) is 2.56. The van der Waals surface area contributed by atoms with E-state index < -0.39 is 29.3 Å². The van der Waals surface area contributed by atoms with Crippen molar-refractivity contribution >= 4 is 23.5 Å². The smallest absolute Gasteiger partial charge is 0.261 e. The third kappa shape index (κ3) is 3.67. The van der Waals surface area contributed by atoms with Gasteiger partial charge in [-0.3, -0.25) is 25.6 Å². The molecule has 2 rings (SSSR count). The number of carbonyl (C=O) groups excluding carboxylic acids is 2. The van der Waals surface area contributed by atoms with E-state index in [-0.39, 0.29) is 22.4 Å². The molecule has 0 aliphatic rings. The Morgan fingerprint density at radius 2 is 1.92 bits per heavy atom. The quantitative estimate of drug-likeness (QED) is 0.378. The van der Waals surface area contributed by atoms with Gasteiger partial charge in [0, 0.05) is 18.1 Å². The third-order valence-electron chi connectivity index (χ3n) is 3.51. The van der Waals surface area contributed by atoms with Crippen LogP contribution in [0.25, 0.3) is 16.0 Å². The van der Waals surface area contributed by atoms with Gasteiger partial charge in [-0.05, 0) is 18.6 Å². The molecule has 0 aliphatic heterocycles. The van der Waals surface area contributed by atoms with Crippen molar-refractivity contribution in [1.82, 2.24) is 10.6 Å². The molecule has 0 fully saturated rings. The normalized spacial score (nSPS) is 9.92. The highest BCUT2D eigenvalue weighted by atomic mass is 19.1. The number of carbonyl (C=O) groups is 2. The van der Waals surface area contributed by atoms with Crippen LogP contribution in [0.15, 0.2) is 30.3 Å². The second kappa shape index (κ2) is 7.44. The lowest BCUT2D eigenvalue weighted by Crippen LogP contribution is -2.42. The summed E-state index contributed by atoms with van der Waals surface area (Å²) in [5.74, 6) is -3.25. The van der Waals surface area contributed by atoms with Crippen LogP contribution in [0.2, 0.25) is 0 Å². The highest BCUT2D eigenvalue weighted by Gasteiger charge is 2.24. The lowest BCUT2D eigenvalue weighted by molar-refractivity contribution is -0.117. The average molecular weight is 354 g/mol. The standard InChI is InChI=1S/C18H15FN4O3/c1-9-5-4-6-11(16(9)19)14-12(21-3)7-8-13(25)15(14)17(26)23-18(20)22-10(2)24/h4-8,25H,1-2H3,(H3,20,22,23,24,26). The van der Waals surface area contributed by atoms with Gasteiger partial charge in [0.1, 0.15) is 11.6 Å². The van der Waals surface area contributed by atoms with E-state index in [9.17, 15) is 19.1 Å². The first-order valence-electron chi connectivity index (χ1n) is 7.42. The van der Waals surface area contributed by atoms with E-state index in [0.29, 0.717) is 5.56 Å². The number of rotatable bonds is 2. The second-order valence-corrected chi connectivity index (χ2v) is 5.41. The maximum absolute atomic E-state index is 14.6. The Kier molecular flexibility index (Phi) is 5.33. The van der Waals surface area contributed by atoms with Gasteiger partial charge in [-0.2, -0.15) is 0 Å². The molecule has 132 valence electrons. The zero-order valence-electron chi connectivity index (χ0n) is 14.0. The maximum Gasteiger partial charge on any atom is 0.261 e. The van der Waals surface area contributed by atoms with Gasteiger partial charge in [0.25, 0.3) is 5.91 Å². The van der Waals surface area contributed by atoms with Crippen molar-refractivity contribution in [1.29, 1.82) is 5.41 Å². The molecule has 0 bridgehead atoms. The fourth-order valence-electron chi connectivity index (χ4n) is 2.40. The molecule has 26 heavy (non-hydrogen) atoms. The van der Waals surface area contributed by atoms with E-state index in [1.54, 1.807) is 6.07 Å². The predicted molar refractivity (Wildman–Crippen MR) is 93.5 cm³/mol. The van der Waals surface area contributed by atoms with Gasteiger partial charge in [-0.15, -0.1) is 0 Å². The lowest BCUT2D eigenvalue weighted by Gasteiger charge is -2.15. The molecule has 0 heterocycles. The van der Waals surface area contributed by atoms with Gasteiger partial charge in [0.15, 0.2) is 5.69 Å². The van der Waals surface area contributed by atoms with E-state index in [2.05, 4.69) is 15.5 Å².